The van der Waals surface area contributed by atoms with Crippen LogP contribution in [0.1, 0.15) is 40.8 Å². The molecule has 6 nitrogen and oxygen atoms in total. The van der Waals surface area contributed by atoms with Gasteiger partial charge in [-0.3, -0.25) is 4.79 Å². The molecule has 33 heavy (non-hydrogen) atoms. The fourth-order valence-electron chi connectivity index (χ4n) is 4.04. The molecule has 2 aromatic carbocycles. The second kappa shape index (κ2) is 9.45. The summed E-state index contributed by atoms with van der Waals surface area (Å²) in [6, 6.07) is 16.1. The summed E-state index contributed by atoms with van der Waals surface area (Å²) in [7, 11) is 0. The Morgan fingerprint density at radius 3 is 2.55 bits per heavy atom. The molecule has 0 aliphatic heterocycles. The van der Waals surface area contributed by atoms with Gasteiger partial charge >= 0.3 is 0 Å². The number of nitrogens with zero attached hydrogens (tertiary/aromatic N) is 3. The molecule has 0 atom stereocenters. The van der Waals surface area contributed by atoms with Gasteiger partial charge in [0.2, 0.25) is 5.91 Å². The molecule has 0 radical (unpaired) electrons. The van der Waals surface area contributed by atoms with Crippen molar-refractivity contribution in [2.45, 2.75) is 47.5 Å². The molecule has 2 heterocycles. The average molecular weight is 443 g/mol. The van der Waals surface area contributed by atoms with Crippen molar-refractivity contribution in [1.29, 1.82) is 0 Å². The summed E-state index contributed by atoms with van der Waals surface area (Å²) in [6.45, 7) is 10.6. The van der Waals surface area contributed by atoms with Crippen molar-refractivity contribution >= 4 is 22.6 Å². The molecule has 0 aliphatic rings. The van der Waals surface area contributed by atoms with E-state index in [4.69, 9.17) is 9.72 Å². The van der Waals surface area contributed by atoms with E-state index in [0.29, 0.717) is 31.1 Å². The highest BCUT2D eigenvalue weighted by atomic mass is 16.5. The summed E-state index contributed by atoms with van der Waals surface area (Å²) >= 11 is 0. The van der Waals surface area contributed by atoms with E-state index in [1.807, 2.05) is 50.2 Å². The van der Waals surface area contributed by atoms with Crippen molar-refractivity contribution in [3.8, 4) is 11.6 Å². The monoisotopic (exact) mass is 442 g/mol. The molecule has 0 bridgehead atoms. The van der Waals surface area contributed by atoms with Gasteiger partial charge in [-0.2, -0.15) is 9.78 Å². The van der Waals surface area contributed by atoms with Crippen molar-refractivity contribution in [3.63, 3.8) is 0 Å². The SMILES string of the molecule is Cc1cc(C)c2nc(-n3nc(C)cc3NC(=O)CCCOc3ccccc3C)cc(C)c2c1. The summed E-state index contributed by atoms with van der Waals surface area (Å²) in [6.07, 6.45) is 0.984. The Hall–Kier alpha value is -3.67. The average Bonchev–Trinajstić information content (AvgIpc) is 3.13. The number of rotatable bonds is 7. The van der Waals surface area contributed by atoms with Crippen LogP contribution in [-0.4, -0.2) is 27.3 Å². The van der Waals surface area contributed by atoms with Gasteiger partial charge in [-0.1, -0.05) is 29.8 Å². The third-order valence-corrected chi connectivity index (χ3v) is 5.66. The molecular formula is C27H30N4O2. The number of nitrogens with one attached hydrogen (secondary N) is 1. The van der Waals surface area contributed by atoms with E-state index < -0.39 is 0 Å². The van der Waals surface area contributed by atoms with Crippen LogP contribution in [-0.2, 0) is 4.79 Å². The first-order valence-corrected chi connectivity index (χ1v) is 11.3. The van der Waals surface area contributed by atoms with Gasteiger partial charge in [0.25, 0.3) is 0 Å². The normalized spacial score (nSPS) is 11.1. The number of aryl methyl sites for hydroxylation is 5. The number of ether oxygens (including phenoxy) is 1. The van der Waals surface area contributed by atoms with Crippen molar-refractivity contribution in [2.75, 3.05) is 11.9 Å². The second-order valence-electron chi connectivity index (χ2n) is 8.62. The van der Waals surface area contributed by atoms with Gasteiger partial charge in [-0.15, -0.1) is 0 Å². The first kappa shape index (κ1) is 22.5. The van der Waals surface area contributed by atoms with Gasteiger partial charge in [-0.05, 0) is 75.9 Å². The fourth-order valence-corrected chi connectivity index (χ4v) is 4.04. The van der Waals surface area contributed by atoms with E-state index in [0.717, 1.165) is 39.0 Å². The van der Waals surface area contributed by atoms with Crippen LogP contribution in [0.2, 0.25) is 0 Å². The van der Waals surface area contributed by atoms with E-state index in [-0.39, 0.29) is 5.91 Å². The Balaban J connectivity index is 1.47. The number of carbonyl (C=O) groups is 1. The number of anilines is 1. The standard InChI is InChI=1S/C27H30N4O2/c1-17-13-20(4)27-22(14-17)19(3)15-24(29-27)31-25(16-21(5)30-31)28-26(32)11-8-12-33-23-10-7-6-9-18(23)2/h6-7,9-10,13-16H,8,11-12H2,1-5H3,(H,28,32). The highest BCUT2D eigenvalue weighted by Crippen LogP contribution is 2.26. The van der Waals surface area contributed by atoms with Crippen LogP contribution in [0.4, 0.5) is 5.82 Å². The minimum Gasteiger partial charge on any atom is -0.493 e. The van der Waals surface area contributed by atoms with Crippen LogP contribution in [0.25, 0.3) is 16.7 Å². The molecular weight excluding hydrogens is 412 g/mol. The van der Waals surface area contributed by atoms with E-state index in [9.17, 15) is 4.79 Å². The lowest BCUT2D eigenvalue weighted by molar-refractivity contribution is -0.116. The maximum absolute atomic E-state index is 12.6. The predicted octanol–water partition coefficient (Wildman–Crippen LogP) is 5.76. The molecule has 2 aromatic heterocycles. The quantitative estimate of drug-likeness (QED) is 0.370. The number of para-hydroxylation sites is 1. The number of pyridine rings is 1. The maximum Gasteiger partial charge on any atom is 0.225 e. The highest BCUT2D eigenvalue weighted by Gasteiger charge is 2.14. The van der Waals surface area contributed by atoms with Crippen molar-refractivity contribution in [1.82, 2.24) is 14.8 Å². The molecule has 1 N–H and O–H groups in total. The summed E-state index contributed by atoms with van der Waals surface area (Å²) in [5.41, 5.74) is 6.32. The molecule has 4 rings (SSSR count). The fraction of sp³-hybridized carbons (Fsp3) is 0.296. The zero-order valence-corrected chi connectivity index (χ0v) is 19.9. The van der Waals surface area contributed by atoms with E-state index >= 15 is 0 Å². The molecule has 170 valence electrons. The summed E-state index contributed by atoms with van der Waals surface area (Å²) in [4.78, 5) is 17.5. The van der Waals surface area contributed by atoms with E-state index in [1.54, 1.807) is 4.68 Å². The lowest BCUT2D eigenvalue weighted by atomic mass is 10.0. The van der Waals surface area contributed by atoms with Crippen LogP contribution in [0, 0.1) is 34.6 Å². The molecule has 4 aromatic rings. The van der Waals surface area contributed by atoms with Crippen molar-refractivity contribution in [3.05, 3.63) is 76.5 Å². The van der Waals surface area contributed by atoms with Gasteiger partial charge in [0, 0.05) is 17.9 Å². The van der Waals surface area contributed by atoms with Crippen LogP contribution in [0.15, 0.2) is 48.5 Å². The van der Waals surface area contributed by atoms with Crippen LogP contribution in [0.5, 0.6) is 5.75 Å². The Labute approximate surface area is 194 Å². The molecule has 0 saturated heterocycles. The summed E-state index contributed by atoms with van der Waals surface area (Å²) in [5, 5.41) is 8.73. The third kappa shape index (κ3) is 5.06. The topological polar surface area (TPSA) is 69.0 Å². The van der Waals surface area contributed by atoms with Crippen molar-refractivity contribution in [2.24, 2.45) is 0 Å². The van der Waals surface area contributed by atoms with Gasteiger partial charge in [0.1, 0.15) is 11.6 Å². The second-order valence-corrected chi connectivity index (χ2v) is 8.62. The number of aromatic nitrogens is 3. The lowest BCUT2D eigenvalue weighted by Crippen LogP contribution is -2.16. The number of hydrogen-bond acceptors (Lipinski definition) is 4. The minimum atomic E-state index is -0.0751. The van der Waals surface area contributed by atoms with Gasteiger partial charge in [-0.25, -0.2) is 4.98 Å². The lowest BCUT2D eigenvalue weighted by Gasteiger charge is -2.12. The maximum atomic E-state index is 12.6. The zero-order chi connectivity index (χ0) is 23.5. The Morgan fingerprint density at radius 1 is 0.970 bits per heavy atom. The number of carbonyl (C=O) groups excluding carboxylic acids is 1. The molecule has 6 heteroatoms. The first-order valence-electron chi connectivity index (χ1n) is 11.3. The zero-order valence-electron chi connectivity index (χ0n) is 19.9. The molecule has 1 amide bonds. The minimum absolute atomic E-state index is 0.0751. The Bertz CT molecular complexity index is 1320. The first-order chi connectivity index (χ1) is 15.8. The molecule has 0 spiro atoms. The van der Waals surface area contributed by atoms with Crippen LogP contribution < -0.4 is 10.1 Å². The van der Waals surface area contributed by atoms with Crippen molar-refractivity contribution < 1.29 is 9.53 Å². The highest BCUT2D eigenvalue weighted by molar-refractivity contribution is 5.90. The molecule has 0 unspecified atom stereocenters. The van der Waals surface area contributed by atoms with Crippen LogP contribution in [0.3, 0.4) is 0 Å². The predicted molar refractivity (Wildman–Crippen MR) is 132 cm³/mol. The van der Waals surface area contributed by atoms with Gasteiger partial charge < -0.3 is 10.1 Å². The Morgan fingerprint density at radius 2 is 1.76 bits per heavy atom. The molecule has 0 fully saturated rings. The Kier molecular flexibility index (Phi) is 6.45. The number of amides is 1. The largest absolute Gasteiger partial charge is 0.493 e. The summed E-state index contributed by atoms with van der Waals surface area (Å²) in [5.74, 6) is 2.09. The third-order valence-electron chi connectivity index (χ3n) is 5.66. The van der Waals surface area contributed by atoms with Gasteiger partial charge in [0.05, 0.1) is 17.8 Å². The van der Waals surface area contributed by atoms with Gasteiger partial charge in [0.15, 0.2) is 5.82 Å². The van der Waals surface area contributed by atoms with E-state index in [1.165, 1.54) is 5.56 Å². The van der Waals surface area contributed by atoms with Crippen LogP contribution >= 0.6 is 0 Å². The molecule has 0 saturated carbocycles. The van der Waals surface area contributed by atoms with E-state index in [2.05, 4.69) is 43.3 Å². The molecule has 0 aliphatic carbocycles. The number of hydrogen-bond donors (Lipinski definition) is 1. The number of fused-ring (bicyclic) bond motifs is 1. The smallest absolute Gasteiger partial charge is 0.225 e. The summed E-state index contributed by atoms with van der Waals surface area (Å²) < 4.78 is 7.51. The number of benzene rings is 2.